The van der Waals surface area contributed by atoms with Crippen molar-refractivity contribution in [3.63, 3.8) is 0 Å². The Hall–Kier alpha value is -2.56. The van der Waals surface area contributed by atoms with Gasteiger partial charge in [0, 0.05) is 0 Å². The Balaban J connectivity index is 1.74. The molecule has 1 heterocycles. The van der Waals surface area contributed by atoms with Crippen molar-refractivity contribution in [3.05, 3.63) is 53.8 Å². The minimum Gasteiger partial charge on any atom is -0.485 e. The highest BCUT2D eigenvalue weighted by molar-refractivity contribution is 5.94. The summed E-state index contributed by atoms with van der Waals surface area (Å²) in [5.74, 6) is 0.192. The van der Waals surface area contributed by atoms with Crippen LogP contribution in [0.1, 0.15) is 5.56 Å². The summed E-state index contributed by atoms with van der Waals surface area (Å²) in [5, 5.41) is 2.53. The van der Waals surface area contributed by atoms with E-state index in [1.165, 1.54) is 6.07 Å². The quantitative estimate of drug-likeness (QED) is 0.924. The molecular weight excluding hydrogens is 273 g/mol. The van der Waals surface area contributed by atoms with Crippen LogP contribution >= 0.6 is 0 Å². The second kappa shape index (κ2) is 5.44. The molecule has 1 aliphatic heterocycles. The number of anilines is 1. The number of nitrogens with one attached hydrogen (secondary N) is 1. The summed E-state index contributed by atoms with van der Waals surface area (Å²) in [7, 11) is 0. The van der Waals surface area contributed by atoms with E-state index in [2.05, 4.69) is 5.32 Å². The van der Waals surface area contributed by atoms with Gasteiger partial charge in [0.05, 0.1) is 5.69 Å². The lowest BCUT2D eigenvalue weighted by Gasteiger charge is -2.25. The van der Waals surface area contributed by atoms with E-state index < -0.39 is 17.8 Å². The second-order valence-corrected chi connectivity index (χ2v) is 4.84. The molecule has 1 atom stereocenters. The predicted molar refractivity (Wildman–Crippen MR) is 76.1 cm³/mol. The van der Waals surface area contributed by atoms with E-state index in [0.29, 0.717) is 11.5 Å². The van der Waals surface area contributed by atoms with Crippen molar-refractivity contribution in [2.45, 2.75) is 13.0 Å². The molecule has 108 valence electrons. The minimum absolute atomic E-state index is 0.0935. The molecule has 1 unspecified atom stereocenters. The zero-order valence-corrected chi connectivity index (χ0v) is 11.4. The Morgan fingerprint density at radius 2 is 2.00 bits per heavy atom. The van der Waals surface area contributed by atoms with Crippen LogP contribution in [0.5, 0.6) is 11.5 Å². The molecule has 0 saturated heterocycles. The van der Waals surface area contributed by atoms with Crippen molar-refractivity contribution >= 4 is 11.6 Å². The molecule has 0 radical (unpaired) electrons. The summed E-state index contributed by atoms with van der Waals surface area (Å²) in [5.41, 5.74) is 1.00. The lowest BCUT2D eigenvalue weighted by atomic mass is 10.2. The maximum atomic E-state index is 13.6. The van der Waals surface area contributed by atoms with Gasteiger partial charge in [-0.1, -0.05) is 18.2 Å². The SMILES string of the molecule is Cc1ccc(F)c(NC(=O)C2COc3ccccc3O2)c1. The molecule has 2 aromatic carbocycles. The molecule has 0 fully saturated rings. The van der Waals surface area contributed by atoms with Crippen LogP contribution in [-0.4, -0.2) is 18.6 Å². The van der Waals surface area contributed by atoms with Gasteiger partial charge in [0.25, 0.3) is 5.91 Å². The topological polar surface area (TPSA) is 47.6 Å². The maximum Gasteiger partial charge on any atom is 0.269 e. The predicted octanol–water partition coefficient (Wildman–Crippen LogP) is 2.91. The number of carbonyl (C=O) groups excluding carboxylic acids is 1. The minimum atomic E-state index is -0.806. The number of aryl methyl sites for hydroxylation is 1. The number of halogens is 1. The summed E-state index contributed by atoms with van der Waals surface area (Å²) in [6, 6.07) is 11.6. The number of benzene rings is 2. The van der Waals surface area contributed by atoms with Gasteiger partial charge in [0.2, 0.25) is 6.10 Å². The Bertz CT molecular complexity index is 687. The number of hydrogen-bond donors (Lipinski definition) is 1. The Kier molecular flexibility index (Phi) is 3.48. The third-order valence-corrected chi connectivity index (χ3v) is 3.18. The molecule has 5 heteroatoms. The molecule has 1 aliphatic rings. The summed E-state index contributed by atoms with van der Waals surface area (Å²) >= 11 is 0. The molecule has 4 nitrogen and oxygen atoms in total. The van der Waals surface area contributed by atoms with Crippen molar-refractivity contribution < 1.29 is 18.7 Å². The highest BCUT2D eigenvalue weighted by Crippen LogP contribution is 2.31. The fourth-order valence-electron chi connectivity index (χ4n) is 2.10. The smallest absolute Gasteiger partial charge is 0.269 e. The van der Waals surface area contributed by atoms with Crippen LogP contribution in [0.15, 0.2) is 42.5 Å². The lowest BCUT2D eigenvalue weighted by Crippen LogP contribution is -2.40. The molecule has 1 N–H and O–H groups in total. The van der Waals surface area contributed by atoms with Gasteiger partial charge in [-0.2, -0.15) is 0 Å². The Morgan fingerprint density at radius 3 is 2.81 bits per heavy atom. The van der Waals surface area contributed by atoms with E-state index in [-0.39, 0.29) is 12.3 Å². The van der Waals surface area contributed by atoms with E-state index in [1.807, 2.05) is 13.0 Å². The largest absolute Gasteiger partial charge is 0.485 e. The zero-order chi connectivity index (χ0) is 14.8. The van der Waals surface area contributed by atoms with Gasteiger partial charge >= 0.3 is 0 Å². The number of amides is 1. The standard InChI is InChI=1S/C16H14FNO3/c1-10-6-7-11(17)12(8-10)18-16(19)15-9-20-13-4-2-3-5-14(13)21-15/h2-8,15H,9H2,1H3,(H,18,19). The number of rotatable bonds is 2. The van der Waals surface area contributed by atoms with Gasteiger partial charge < -0.3 is 14.8 Å². The van der Waals surface area contributed by atoms with Crippen LogP contribution in [0.25, 0.3) is 0 Å². The summed E-state index contributed by atoms with van der Waals surface area (Å²) in [6.07, 6.45) is -0.806. The number of hydrogen-bond acceptors (Lipinski definition) is 3. The van der Waals surface area contributed by atoms with Crippen LogP contribution in [0.2, 0.25) is 0 Å². The van der Waals surface area contributed by atoms with E-state index >= 15 is 0 Å². The van der Waals surface area contributed by atoms with Crippen molar-refractivity contribution in [3.8, 4) is 11.5 Å². The van der Waals surface area contributed by atoms with Crippen LogP contribution in [0.4, 0.5) is 10.1 Å². The average molecular weight is 287 g/mol. The van der Waals surface area contributed by atoms with Gasteiger partial charge in [-0.3, -0.25) is 4.79 Å². The molecule has 0 aromatic heterocycles. The van der Waals surface area contributed by atoms with Gasteiger partial charge in [-0.15, -0.1) is 0 Å². The van der Waals surface area contributed by atoms with Crippen LogP contribution in [0, 0.1) is 12.7 Å². The first-order chi connectivity index (χ1) is 10.1. The molecule has 1 amide bonds. The molecule has 0 saturated carbocycles. The number of ether oxygens (including phenoxy) is 2. The van der Waals surface area contributed by atoms with E-state index in [9.17, 15) is 9.18 Å². The zero-order valence-electron chi connectivity index (χ0n) is 11.4. The number of para-hydroxylation sites is 2. The summed E-state index contributed by atoms with van der Waals surface area (Å²) in [6.45, 7) is 1.92. The van der Waals surface area contributed by atoms with Crippen molar-refractivity contribution in [1.82, 2.24) is 0 Å². The van der Waals surface area contributed by atoms with E-state index in [1.54, 1.807) is 30.3 Å². The second-order valence-electron chi connectivity index (χ2n) is 4.84. The van der Waals surface area contributed by atoms with Crippen molar-refractivity contribution in [2.75, 3.05) is 11.9 Å². The molecule has 0 aliphatic carbocycles. The van der Waals surface area contributed by atoms with E-state index in [4.69, 9.17) is 9.47 Å². The molecule has 3 rings (SSSR count). The molecule has 0 bridgehead atoms. The first kappa shape index (κ1) is 13.4. The van der Waals surface area contributed by atoms with Crippen LogP contribution < -0.4 is 14.8 Å². The summed E-state index contributed by atoms with van der Waals surface area (Å²) < 4.78 is 24.7. The molecule has 2 aromatic rings. The third kappa shape index (κ3) is 2.81. The Labute approximate surface area is 121 Å². The van der Waals surface area contributed by atoms with Crippen LogP contribution in [-0.2, 0) is 4.79 Å². The van der Waals surface area contributed by atoms with Crippen molar-refractivity contribution in [1.29, 1.82) is 0 Å². The number of fused-ring (bicyclic) bond motifs is 1. The normalized spacial score (nSPS) is 16.4. The van der Waals surface area contributed by atoms with E-state index in [0.717, 1.165) is 5.56 Å². The van der Waals surface area contributed by atoms with Gasteiger partial charge in [0.1, 0.15) is 12.4 Å². The fourth-order valence-corrected chi connectivity index (χ4v) is 2.10. The van der Waals surface area contributed by atoms with Crippen molar-refractivity contribution in [2.24, 2.45) is 0 Å². The van der Waals surface area contributed by atoms with Gasteiger partial charge in [-0.05, 0) is 36.8 Å². The molecule has 21 heavy (non-hydrogen) atoms. The maximum absolute atomic E-state index is 13.6. The Morgan fingerprint density at radius 1 is 1.24 bits per heavy atom. The monoisotopic (exact) mass is 287 g/mol. The lowest BCUT2D eigenvalue weighted by molar-refractivity contribution is -0.125. The molecular formula is C16H14FNO3. The fraction of sp³-hybridized carbons (Fsp3) is 0.188. The summed E-state index contributed by atoms with van der Waals surface area (Å²) in [4.78, 5) is 12.2. The average Bonchev–Trinajstić information content (AvgIpc) is 2.50. The van der Waals surface area contributed by atoms with Gasteiger partial charge in [0.15, 0.2) is 11.5 Å². The highest BCUT2D eigenvalue weighted by atomic mass is 19.1. The first-order valence-electron chi connectivity index (χ1n) is 6.59. The molecule has 0 spiro atoms. The highest BCUT2D eigenvalue weighted by Gasteiger charge is 2.27. The number of carbonyl (C=O) groups is 1. The third-order valence-electron chi connectivity index (χ3n) is 3.18. The van der Waals surface area contributed by atoms with Crippen LogP contribution in [0.3, 0.4) is 0 Å². The van der Waals surface area contributed by atoms with Gasteiger partial charge in [-0.25, -0.2) is 4.39 Å². The first-order valence-corrected chi connectivity index (χ1v) is 6.59.